The smallest absolute Gasteiger partial charge is 0.417 e. The van der Waals surface area contributed by atoms with Gasteiger partial charge in [-0.25, -0.2) is 13.6 Å². The standard InChI is InChI=1S/C43H41F4N7O7.C27H26F4N4O4.C16H17N3O4/c1-22-20-53(21-23(2)52(22)3)33-12-10-25(17-32(33)50-39(58)29-19-49-36(56)18-30(29)43(45,46)47)28-16-26(9-11-31(28)44)38(57)48-15-5-7-24-6-4-8-27-37(24)42(61)54(41(27)60)34-13-14-35(55)51-40(34)59;1-14-12-35(13-15(2)34(14)3)23-7-5-16(18-8-17(26(38)39)4-6-21(18)28)9-22(23)33-25(37)19-11-32-24(36)10-20(19)27(29,30)31;17-8-2-4-9-3-1-5-10-13(9)16(23)19(15(10)22)11-6-7-12(20)18-14(11)21/h4,6,8-12,16-19,22-23,34H,5,7,13-15,20-21H2,1-3H3,(H,48,57)(H,49,56)(H,50,58)(H,51,55,59);4-11,14-15H,12-13H2,1-3H3,(H,32,36)(H,33,37)(H,38,39);1,3,5,11H,2,4,6-8,17H2,(H,18,20,21)/t22-,23+,34?;14-,15+;. The van der Waals surface area contributed by atoms with E-state index in [4.69, 9.17) is 5.73 Å². The molecule has 0 bridgehead atoms. The fourth-order valence-corrected chi connectivity index (χ4v) is 15.8. The van der Waals surface area contributed by atoms with Crippen LogP contribution in [0.15, 0.2) is 143 Å². The number of anilines is 4. The van der Waals surface area contributed by atoms with Gasteiger partial charge in [-0.3, -0.25) is 92.6 Å². The van der Waals surface area contributed by atoms with E-state index in [0.717, 1.165) is 39.6 Å². The van der Waals surface area contributed by atoms with Gasteiger partial charge in [0, 0.05) is 111 Å². The van der Waals surface area contributed by atoms with Crippen molar-refractivity contribution in [3.8, 4) is 22.3 Å². The van der Waals surface area contributed by atoms with E-state index in [1.165, 1.54) is 30.3 Å². The predicted molar refractivity (Wildman–Crippen MR) is 433 cm³/mol. The summed E-state index contributed by atoms with van der Waals surface area (Å²) in [7, 11) is 3.95. The van der Waals surface area contributed by atoms with Gasteiger partial charge in [0.05, 0.1) is 72.8 Å². The minimum absolute atomic E-state index is 0.0122. The van der Waals surface area contributed by atoms with Crippen LogP contribution < -0.4 is 53.2 Å². The Balaban J connectivity index is 0.000000189. The van der Waals surface area contributed by atoms with Gasteiger partial charge in [0.2, 0.25) is 34.7 Å². The number of nitrogens with zero attached hydrogens (tertiary/aromatic N) is 6. The number of piperidine rings is 2. The highest BCUT2D eigenvalue weighted by molar-refractivity contribution is 6.25. The number of fused-ring (bicyclic) bond motifs is 2. The maximum atomic E-state index is 15.6. The van der Waals surface area contributed by atoms with Crippen LogP contribution in [-0.4, -0.2) is 195 Å². The molecule has 4 fully saturated rings. The first-order chi connectivity index (χ1) is 58.2. The molecule has 8 aromatic rings. The number of halogens is 8. The van der Waals surface area contributed by atoms with Gasteiger partial charge in [0.15, 0.2) is 0 Å². The number of aromatic carboxylic acids is 1. The first-order valence-corrected chi connectivity index (χ1v) is 39.2. The van der Waals surface area contributed by atoms with E-state index in [9.17, 15) is 103 Å². The molecule has 0 radical (unpaired) electrons. The number of likely N-dealkylation sites (N-methyl/N-ethyl adjacent to an activating group) is 2. The van der Waals surface area contributed by atoms with Gasteiger partial charge >= 0.3 is 18.3 Å². The number of imide groups is 4. The van der Waals surface area contributed by atoms with Crippen LogP contribution in [0.2, 0.25) is 0 Å². The van der Waals surface area contributed by atoms with Crippen molar-refractivity contribution in [1.82, 2.24) is 45.5 Å². The summed E-state index contributed by atoms with van der Waals surface area (Å²) in [6, 6.07) is 25.0. The third kappa shape index (κ3) is 19.2. The van der Waals surface area contributed by atoms with Crippen LogP contribution in [0, 0.1) is 11.6 Å². The number of carbonyl (C=O) groups excluding carboxylic acids is 11. The van der Waals surface area contributed by atoms with Gasteiger partial charge in [-0.2, -0.15) is 26.3 Å². The maximum Gasteiger partial charge on any atom is 0.417 e. The van der Waals surface area contributed by atoms with Crippen LogP contribution in [0.5, 0.6) is 0 Å². The summed E-state index contributed by atoms with van der Waals surface area (Å²) >= 11 is 0. The average molecular weight is 1710 g/mol. The number of aromatic nitrogens is 2. The lowest BCUT2D eigenvalue weighted by Crippen LogP contribution is -2.55. The summed E-state index contributed by atoms with van der Waals surface area (Å²) < 4.78 is 113. The monoisotopic (exact) mass is 1700 g/mol. The fourth-order valence-electron chi connectivity index (χ4n) is 15.8. The highest BCUT2D eigenvalue weighted by Crippen LogP contribution is 2.41. The first-order valence-electron chi connectivity index (χ1n) is 39.2. The molecule has 10 N–H and O–H groups in total. The number of pyridine rings is 2. The van der Waals surface area contributed by atoms with Crippen molar-refractivity contribution in [3.63, 3.8) is 0 Å². The van der Waals surface area contributed by atoms with Gasteiger partial charge in [0.25, 0.3) is 41.4 Å². The van der Waals surface area contributed by atoms with Crippen LogP contribution in [0.25, 0.3) is 22.3 Å². The van der Waals surface area contributed by atoms with Gasteiger partial charge in [-0.1, -0.05) is 36.4 Å². The minimum Gasteiger partial charge on any atom is -0.478 e. The zero-order valence-corrected chi connectivity index (χ0v) is 67.0. The van der Waals surface area contributed by atoms with Crippen LogP contribution in [0.1, 0.15) is 171 Å². The van der Waals surface area contributed by atoms with Gasteiger partial charge < -0.3 is 46.6 Å². The number of piperazine rings is 2. The first kappa shape index (κ1) is 88.9. The quantitative estimate of drug-likeness (QED) is 0.0207. The third-order valence-electron chi connectivity index (χ3n) is 22.6. The Morgan fingerprint density at radius 3 is 1.28 bits per heavy atom. The number of benzene rings is 6. The Kier molecular flexibility index (Phi) is 26.4. The molecule has 29 nitrogen and oxygen atoms in total. The summed E-state index contributed by atoms with van der Waals surface area (Å²) in [4.78, 5) is 189. The Labute approximate surface area is 696 Å². The zero-order chi connectivity index (χ0) is 89.1. The van der Waals surface area contributed by atoms with Gasteiger partial charge in [0.1, 0.15) is 23.7 Å². The number of hydrogen-bond acceptors (Lipinski definition) is 19. The summed E-state index contributed by atoms with van der Waals surface area (Å²) in [6.45, 7) is 10.7. The number of amides is 11. The molecule has 4 saturated heterocycles. The second kappa shape index (κ2) is 36.5. The largest absolute Gasteiger partial charge is 0.478 e. The van der Waals surface area contributed by atoms with Crippen molar-refractivity contribution in [3.05, 3.63) is 233 Å². The zero-order valence-electron chi connectivity index (χ0n) is 67.0. The SMILES string of the molecule is C[C@@H]1CN(c2ccc(-c3cc(C(=O)NCCCc4cccc5c4C(=O)N(C4CCC(=O)NC4=O)C5=O)ccc3F)cc2NC(=O)c2c[nH]c(=O)cc2C(F)(F)F)C[C@H](C)N1C.C[C@@H]1CN(c2ccc(-c3cc(C(=O)O)ccc3F)cc2NC(=O)c2c[nH]c(=O)cc2C(F)(F)F)C[C@H](C)N1C.NCCCc1cccc2c1C(=O)N(C1CCC(=O)NC1=O)C2=O. The molecule has 0 spiro atoms. The summed E-state index contributed by atoms with van der Waals surface area (Å²) in [6.07, 6.45) is -6.40. The molecule has 8 heterocycles. The molecule has 0 saturated carbocycles. The number of aromatic amines is 2. The molecule has 6 aromatic carbocycles. The Morgan fingerprint density at radius 2 is 0.886 bits per heavy atom. The second-order valence-electron chi connectivity index (χ2n) is 30.7. The van der Waals surface area contributed by atoms with E-state index in [1.807, 2.05) is 51.6 Å². The van der Waals surface area contributed by atoms with Crippen LogP contribution in [0.3, 0.4) is 0 Å². The molecule has 644 valence electrons. The maximum absolute atomic E-state index is 15.6. The van der Waals surface area contributed by atoms with Crippen molar-refractivity contribution in [2.75, 3.05) is 73.8 Å². The Bertz CT molecular complexity index is 5730. The number of carboxylic acids is 1. The van der Waals surface area contributed by atoms with Gasteiger partial charge in [-0.05, 0) is 182 Å². The number of aryl methyl sites for hydroxylation is 2. The van der Waals surface area contributed by atoms with E-state index < -0.39 is 134 Å². The molecule has 14 rings (SSSR count). The molecule has 37 heteroatoms. The fraction of sp³-hybridized carbons (Fsp3) is 0.326. The predicted octanol–water partition coefficient (Wildman–Crippen LogP) is 9.40. The highest BCUT2D eigenvalue weighted by Gasteiger charge is 2.48. The number of nitrogens with two attached hydrogens (primary N) is 1. The number of carbonyl (C=O) groups is 12. The van der Waals surface area contributed by atoms with Crippen molar-refractivity contribution < 1.29 is 97.8 Å². The lowest BCUT2D eigenvalue weighted by atomic mass is 9.98. The number of carboxylic acid groups (broad SMARTS) is 1. The average Bonchev–Trinajstić information content (AvgIpc) is 1.58. The van der Waals surface area contributed by atoms with Crippen LogP contribution in [0.4, 0.5) is 57.9 Å². The van der Waals surface area contributed by atoms with Crippen molar-refractivity contribution in [2.24, 2.45) is 5.73 Å². The summed E-state index contributed by atoms with van der Waals surface area (Å²) in [5, 5.41) is 21.5. The molecule has 0 aliphatic carbocycles. The highest BCUT2D eigenvalue weighted by atomic mass is 19.4. The van der Waals surface area contributed by atoms with E-state index in [1.54, 1.807) is 54.6 Å². The molecule has 123 heavy (non-hydrogen) atoms. The molecular weight excluding hydrogens is 1620 g/mol. The minimum atomic E-state index is -5.01. The molecule has 2 unspecified atom stereocenters. The number of alkyl halides is 6. The van der Waals surface area contributed by atoms with E-state index in [0.29, 0.717) is 105 Å². The lowest BCUT2D eigenvalue weighted by molar-refractivity contribution is -0.138. The van der Waals surface area contributed by atoms with Crippen molar-refractivity contribution in [2.45, 2.75) is 128 Å². The molecule has 11 amide bonds. The molecule has 6 atom stereocenters. The lowest BCUT2D eigenvalue weighted by Gasteiger charge is -2.44. The summed E-state index contributed by atoms with van der Waals surface area (Å²) in [5.74, 6) is -9.94. The van der Waals surface area contributed by atoms with E-state index in [2.05, 4.69) is 46.4 Å². The van der Waals surface area contributed by atoms with Crippen molar-refractivity contribution >= 4 is 93.7 Å². The Hall–Kier alpha value is -13.4. The van der Waals surface area contributed by atoms with E-state index in [-0.39, 0.29) is 125 Å². The molecule has 6 aliphatic heterocycles. The van der Waals surface area contributed by atoms with Crippen molar-refractivity contribution in [1.29, 1.82) is 0 Å². The topological polar surface area (TPSA) is 396 Å². The second-order valence-corrected chi connectivity index (χ2v) is 30.7. The number of nitrogens with one attached hydrogen (secondary N) is 7. The normalized spacial score (nSPS) is 19.3. The van der Waals surface area contributed by atoms with E-state index >= 15 is 4.39 Å². The number of H-pyrrole nitrogens is 2. The molecular formula is C86H84F8N14O15. The van der Waals surface area contributed by atoms with Crippen LogP contribution >= 0.6 is 0 Å². The number of rotatable bonds is 19. The summed E-state index contributed by atoms with van der Waals surface area (Å²) in [5.41, 5.74) is 2.67. The molecule has 2 aromatic heterocycles. The van der Waals surface area contributed by atoms with Gasteiger partial charge in [-0.15, -0.1) is 0 Å². The number of hydrogen-bond donors (Lipinski definition) is 9. The molecule has 6 aliphatic rings. The van der Waals surface area contributed by atoms with Crippen LogP contribution in [-0.2, 0) is 44.4 Å². The Morgan fingerprint density at radius 1 is 0.488 bits per heavy atom. The third-order valence-corrected chi connectivity index (χ3v) is 22.6.